The highest BCUT2D eigenvalue weighted by atomic mass is 15.1. The quantitative estimate of drug-likeness (QED) is 0.184. The molecule has 0 atom stereocenters. The lowest BCUT2D eigenvalue weighted by Crippen LogP contribution is -2.01. The summed E-state index contributed by atoms with van der Waals surface area (Å²) in [5, 5.41) is 27.0. The maximum Gasteiger partial charge on any atom is 0.0992 e. The van der Waals surface area contributed by atoms with Crippen LogP contribution < -0.4 is 0 Å². The Morgan fingerprint density at radius 1 is 0.345 bits per heavy atom. The lowest BCUT2D eigenvalue weighted by atomic mass is 10.0. The molecule has 0 aliphatic heterocycles. The predicted molar refractivity (Wildman–Crippen MR) is 224 cm³/mol. The van der Waals surface area contributed by atoms with Crippen molar-refractivity contribution < 1.29 is 0 Å². The van der Waals surface area contributed by atoms with Gasteiger partial charge in [-0.25, -0.2) is 0 Å². The van der Waals surface area contributed by atoms with Crippen molar-refractivity contribution in [3.05, 3.63) is 187 Å². The van der Waals surface area contributed by atoms with Crippen molar-refractivity contribution >= 4 is 65.4 Å². The van der Waals surface area contributed by atoms with E-state index in [1.807, 2.05) is 42.5 Å². The summed E-state index contributed by atoms with van der Waals surface area (Å²) >= 11 is 0. The van der Waals surface area contributed by atoms with Crippen LogP contribution >= 0.6 is 0 Å². The maximum absolute atomic E-state index is 10.1. The second-order valence-corrected chi connectivity index (χ2v) is 14.0. The van der Waals surface area contributed by atoms with Crippen molar-refractivity contribution in [2.45, 2.75) is 0 Å². The van der Waals surface area contributed by atoms with E-state index in [1.165, 1.54) is 21.5 Å². The minimum atomic E-state index is 0.565. The van der Waals surface area contributed by atoms with Gasteiger partial charge >= 0.3 is 0 Å². The highest BCUT2D eigenvalue weighted by Gasteiger charge is 2.21. The largest absolute Gasteiger partial charge is 0.309 e. The first-order chi connectivity index (χ1) is 27.2. The Morgan fingerprint density at radius 3 is 1.47 bits per heavy atom. The molecular formula is C50H29N5. The number of fused-ring (bicyclic) bond motifs is 9. The summed E-state index contributed by atoms with van der Waals surface area (Å²) in [5.74, 6) is 0. The number of hydrogen-bond donors (Lipinski definition) is 0. The van der Waals surface area contributed by atoms with Crippen molar-refractivity contribution in [2.75, 3.05) is 0 Å². The van der Waals surface area contributed by atoms with Gasteiger partial charge in [0.15, 0.2) is 0 Å². The number of hydrogen-bond acceptors (Lipinski definition) is 2. The molecular weight excluding hydrogens is 671 g/mol. The standard InChI is InChI=1S/C50H29N5/c51-30-32-23-25-36(48(27-32)55-46-21-8-3-15-39(46)41-26-24-33(31-52)28-49(41)55)34-11-9-12-35(29-34)53-43-18-5-4-16-40(43)42-17-10-22-47(50(42)53)54-44-19-6-1-13-37(44)38-14-2-7-20-45(38)54/h1-29H. The van der Waals surface area contributed by atoms with Crippen LogP contribution in [0.2, 0.25) is 0 Å². The predicted octanol–water partition coefficient (Wildman–Crippen LogP) is 12.4. The number of benzene rings is 8. The van der Waals surface area contributed by atoms with Crippen molar-refractivity contribution in [1.29, 1.82) is 10.5 Å². The average Bonchev–Trinajstić information content (AvgIpc) is 3.89. The van der Waals surface area contributed by atoms with Gasteiger partial charge in [-0.3, -0.25) is 0 Å². The van der Waals surface area contributed by atoms with Gasteiger partial charge in [0.05, 0.1) is 67.7 Å². The van der Waals surface area contributed by atoms with Crippen molar-refractivity contribution in [2.24, 2.45) is 0 Å². The summed E-state index contributed by atoms with van der Waals surface area (Å²) in [6.45, 7) is 0. The monoisotopic (exact) mass is 699 g/mol. The molecule has 0 amide bonds. The summed E-state index contributed by atoms with van der Waals surface area (Å²) in [4.78, 5) is 0. The lowest BCUT2D eigenvalue weighted by Gasteiger charge is -2.17. The summed E-state index contributed by atoms with van der Waals surface area (Å²) in [6, 6.07) is 66.0. The van der Waals surface area contributed by atoms with E-state index in [9.17, 15) is 10.5 Å². The third kappa shape index (κ3) is 4.45. The first-order valence-corrected chi connectivity index (χ1v) is 18.3. The lowest BCUT2D eigenvalue weighted by molar-refractivity contribution is 1.13. The molecule has 5 nitrogen and oxygen atoms in total. The van der Waals surface area contributed by atoms with Gasteiger partial charge in [0.1, 0.15) is 0 Å². The molecule has 0 radical (unpaired) electrons. The average molecular weight is 700 g/mol. The molecule has 0 saturated carbocycles. The van der Waals surface area contributed by atoms with Gasteiger partial charge in [-0.1, -0.05) is 109 Å². The Balaban J connectivity index is 1.20. The van der Waals surface area contributed by atoms with Crippen LogP contribution in [0.4, 0.5) is 0 Å². The van der Waals surface area contributed by atoms with E-state index in [0.717, 1.165) is 72.1 Å². The van der Waals surface area contributed by atoms with Crippen LogP contribution in [-0.4, -0.2) is 13.7 Å². The molecule has 0 N–H and O–H groups in total. The summed E-state index contributed by atoms with van der Waals surface area (Å²) in [5.41, 5.74) is 12.7. The molecule has 11 aromatic rings. The fourth-order valence-corrected chi connectivity index (χ4v) is 8.77. The molecule has 254 valence electrons. The van der Waals surface area contributed by atoms with Crippen LogP contribution in [-0.2, 0) is 0 Å². The van der Waals surface area contributed by atoms with Gasteiger partial charge in [0.2, 0.25) is 0 Å². The fraction of sp³-hybridized carbons (Fsp3) is 0. The maximum atomic E-state index is 10.1. The number of rotatable bonds is 4. The summed E-state index contributed by atoms with van der Waals surface area (Å²) in [6.07, 6.45) is 0. The second-order valence-electron chi connectivity index (χ2n) is 14.0. The number of aromatic nitrogens is 3. The first kappa shape index (κ1) is 30.7. The topological polar surface area (TPSA) is 62.4 Å². The number of nitrogens with zero attached hydrogens (tertiary/aromatic N) is 5. The molecule has 0 spiro atoms. The minimum absolute atomic E-state index is 0.565. The number of para-hydroxylation sites is 5. The van der Waals surface area contributed by atoms with Crippen molar-refractivity contribution in [3.8, 4) is 40.3 Å². The van der Waals surface area contributed by atoms with E-state index >= 15 is 0 Å². The fourth-order valence-electron chi connectivity index (χ4n) is 8.77. The highest BCUT2D eigenvalue weighted by Crippen LogP contribution is 2.41. The van der Waals surface area contributed by atoms with Gasteiger partial charge in [-0.15, -0.1) is 0 Å². The van der Waals surface area contributed by atoms with Gasteiger partial charge in [0.25, 0.3) is 0 Å². The molecule has 0 bridgehead atoms. The molecule has 0 unspecified atom stereocenters. The highest BCUT2D eigenvalue weighted by molar-refractivity contribution is 6.15. The summed E-state index contributed by atoms with van der Waals surface area (Å²) in [7, 11) is 0. The zero-order valence-corrected chi connectivity index (χ0v) is 29.5. The zero-order chi connectivity index (χ0) is 36.6. The van der Waals surface area contributed by atoms with Crippen molar-refractivity contribution in [1.82, 2.24) is 13.7 Å². The van der Waals surface area contributed by atoms with E-state index in [0.29, 0.717) is 11.1 Å². The molecule has 5 heteroatoms. The SMILES string of the molecule is N#Cc1ccc(-c2cccc(-n3c4ccccc4c4cccc(-n5c6ccccc6c6ccccc65)c43)c2)c(-n2c3ccccc3c3ccc(C#N)cc32)c1. The van der Waals surface area contributed by atoms with Gasteiger partial charge in [0, 0.05) is 43.6 Å². The molecule has 3 heterocycles. The molecule has 0 fully saturated rings. The van der Waals surface area contributed by atoms with Crippen LogP contribution in [0.25, 0.3) is 93.6 Å². The van der Waals surface area contributed by atoms with E-state index < -0.39 is 0 Å². The minimum Gasteiger partial charge on any atom is -0.309 e. The van der Waals surface area contributed by atoms with E-state index in [-0.39, 0.29) is 0 Å². The molecule has 3 aromatic heterocycles. The smallest absolute Gasteiger partial charge is 0.0992 e. The molecule has 11 rings (SSSR count). The normalized spacial score (nSPS) is 11.6. The van der Waals surface area contributed by atoms with Gasteiger partial charge in [-0.2, -0.15) is 10.5 Å². The first-order valence-electron chi connectivity index (χ1n) is 18.3. The summed E-state index contributed by atoms with van der Waals surface area (Å²) < 4.78 is 7.01. The Bertz CT molecular complexity index is 3420. The van der Waals surface area contributed by atoms with Gasteiger partial charge < -0.3 is 13.7 Å². The Kier molecular flexibility index (Phi) is 6.61. The van der Waals surface area contributed by atoms with Crippen LogP contribution in [0.15, 0.2) is 176 Å². The van der Waals surface area contributed by atoms with Crippen LogP contribution in [0, 0.1) is 22.7 Å². The second kappa shape index (κ2) is 11.8. The van der Waals surface area contributed by atoms with Crippen LogP contribution in [0.5, 0.6) is 0 Å². The Morgan fingerprint density at radius 2 is 0.836 bits per heavy atom. The molecule has 0 saturated heterocycles. The Hall–Kier alpha value is -7.86. The van der Waals surface area contributed by atoms with E-state index in [2.05, 4.69) is 159 Å². The molecule has 0 aliphatic rings. The van der Waals surface area contributed by atoms with Crippen LogP contribution in [0.3, 0.4) is 0 Å². The van der Waals surface area contributed by atoms with Gasteiger partial charge in [-0.05, 0) is 72.3 Å². The van der Waals surface area contributed by atoms with E-state index in [4.69, 9.17) is 0 Å². The third-order valence-electron chi connectivity index (χ3n) is 11.1. The molecule has 0 aliphatic carbocycles. The zero-order valence-electron chi connectivity index (χ0n) is 29.5. The van der Waals surface area contributed by atoms with Crippen LogP contribution in [0.1, 0.15) is 11.1 Å². The Labute approximate surface area is 316 Å². The van der Waals surface area contributed by atoms with E-state index in [1.54, 1.807) is 0 Å². The molecule has 8 aromatic carbocycles. The number of nitriles is 2. The van der Waals surface area contributed by atoms with Crippen molar-refractivity contribution in [3.63, 3.8) is 0 Å². The molecule has 55 heavy (non-hydrogen) atoms. The third-order valence-corrected chi connectivity index (χ3v) is 11.1.